The second-order valence-corrected chi connectivity index (χ2v) is 5.33. The number of carbonyl (C=O) groups is 1. The van der Waals surface area contributed by atoms with Gasteiger partial charge in [0.1, 0.15) is 0 Å². The molecule has 0 spiro atoms. The third-order valence-corrected chi connectivity index (χ3v) is 3.03. The molecule has 0 aromatic heterocycles. The summed E-state index contributed by atoms with van der Waals surface area (Å²) in [6.07, 6.45) is 3.32. The van der Waals surface area contributed by atoms with Crippen molar-refractivity contribution in [2.75, 3.05) is 6.61 Å². The van der Waals surface area contributed by atoms with Crippen molar-refractivity contribution >= 4 is 12.0 Å². The van der Waals surface area contributed by atoms with Gasteiger partial charge >= 0.3 is 5.97 Å². The fraction of sp³-hybridized carbons (Fsp3) is 0.471. The molecule has 0 fully saturated rings. The predicted molar refractivity (Wildman–Crippen MR) is 80.3 cm³/mol. The molecule has 0 aliphatic heterocycles. The summed E-state index contributed by atoms with van der Waals surface area (Å²) >= 11 is 0. The quantitative estimate of drug-likeness (QED) is 0.575. The van der Waals surface area contributed by atoms with E-state index in [-0.39, 0.29) is 5.97 Å². The fourth-order valence-electron chi connectivity index (χ4n) is 1.82. The van der Waals surface area contributed by atoms with Crippen LogP contribution in [-0.4, -0.2) is 12.6 Å². The minimum absolute atomic E-state index is 0.288. The molecule has 19 heavy (non-hydrogen) atoms. The number of hydrogen-bond donors (Lipinski definition) is 0. The van der Waals surface area contributed by atoms with Gasteiger partial charge in [-0.05, 0) is 41.5 Å². The van der Waals surface area contributed by atoms with Gasteiger partial charge in [0.25, 0.3) is 0 Å². The van der Waals surface area contributed by atoms with Gasteiger partial charge in [0.2, 0.25) is 0 Å². The maximum absolute atomic E-state index is 11.3. The normalized spacial score (nSPS) is 11.5. The van der Waals surface area contributed by atoms with Crippen LogP contribution in [0.25, 0.3) is 6.08 Å². The first-order valence-corrected chi connectivity index (χ1v) is 6.93. The highest BCUT2D eigenvalue weighted by molar-refractivity contribution is 5.87. The first-order valence-electron chi connectivity index (χ1n) is 6.93. The molecular weight excluding hydrogens is 236 g/mol. The Hall–Kier alpha value is -1.57. The molecule has 0 bridgehead atoms. The van der Waals surface area contributed by atoms with Crippen LogP contribution in [-0.2, 0) is 9.53 Å². The van der Waals surface area contributed by atoms with E-state index in [1.165, 1.54) is 17.2 Å². The molecule has 2 heteroatoms. The van der Waals surface area contributed by atoms with Crippen LogP contribution in [0.2, 0.25) is 0 Å². The summed E-state index contributed by atoms with van der Waals surface area (Å²) in [6, 6.07) is 6.51. The summed E-state index contributed by atoms with van der Waals surface area (Å²) < 4.78 is 4.89. The molecule has 0 saturated heterocycles. The van der Waals surface area contributed by atoms with Crippen molar-refractivity contribution in [3.63, 3.8) is 0 Å². The number of ether oxygens (including phenoxy) is 1. The van der Waals surface area contributed by atoms with Gasteiger partial charge in [-0.15, -0.1) is 0 Å². The van der Waals surface area contributed by atoms with E-state index < -0.39 is 0 Å². The second-order valence-electron chi connectivity index (χ2n) is 5.33. The second kappa shape index (κ2) is 7.13. The van der Waals surface area contributed by atoms with Crippen LogP contribution < -0.4 is 0 Å². The fourth-order valence-corrected chi connectivity index (χ4v) is 1.82. The molecule has 1 aromatic carbocycles. The minimum atomic E-state index is -0.288. The van der Waals surface area contributed by atoms with Crippen molar-refractivity contribution < 1.29 is 9.53 Å². The Kier molecular flexibility index (Phi) is 5.81. The smallest absolute Gasteiger partial charge is 0.330 e. The predicted octanol–water partition coefficient (Wildman–Crippen LogP) is 4.51. The third-order valence-electron chi connectivity index (χ3n) is 3.03. The molecule has 0 heterocycles. The number of carbonyl (C=O) groups excluding carboxylic acids is 1. The molecule has 0 aliphatic rings. The largest absolute Gasteiger partial charge is 0.463 e. The van der Waals surface area contributed by atoms with Crippen LogP contribution in [0.3, 0.4) is 0 Å². The van der Waals surface area contributed by atoms with Crippen molar-refractivity contribution in [2.24, 2.45) is 0 Å². The summed E-state index contributed by atoms with van der Waals surface area (Å²) in [5, 5.41) is 0. The minimum Gasteiger partial charge on any atom is -0.463 e. The molecule has 1 aromatic rings. The zero-order valence-electron chi connectivity index (χ0n) is 12.6. The lowest BCUT2D eigenvalue weighted by Crippen LogP contribution is -1.99. The number of rotatable bonds is 5. The number of benzene rings is 1. The summed E-state index contributed by atoms with van der Waals surface area (Å²) in [5.74, 6) is 0.672. The highest BCUT2D eigenvalue weighted by Crippen LogP contribution is 2.24. The molecule has 0 amide bonds. The highest BCUT2D eigenvalue weighted by atomic mass is 16.5. The van der Waals surface area contributed by atoms with E-state index in [4.69, 9.17) is 4.74 Å². The molecule has 104 valence electrons. The Labute approximate surface area is 116 Å². The Bertz CT molecular complexity index is 430. The van der Waals surface area contributed by atoms with Gasteiger partial charge in [-0.1, -0.05) is 45.9 Å². The van der Waals surface area contributed by atoms with Gasteiger partial charge in [0.15, 0.2) is 0 Å². The third kappa shape index (κ3) is 4.90. The molecule has 2 nitrogen and oxygen atoms in total. The van der Waals surface area contributed by atoms with Crippen LogP contribution >= 0.6 is 0 Å². The average molecular weight is 260 g/mol. The lowest BCUT2D eigenvalue weighted by Gasteiger charge is -2.12. The van der Waals surface area contributed by atoms with E-state index in [1.807, 2.05) is 13.0 Å². The van der Waals surface area contributed by atoms with E-state index >= 15 is 0 Å². The van der Waals surface area contributed by atoms with E-state index in [0.29, 0.717) is 18.4 Å². The zero-order valence-corrected chi connectivity index (χ0v) is 12.6. The van der Waals surface area contributed by atoms with Crippen LogP contribution in [0.1, 0.15) is 63.1 Å². The van der Waals surface area contributed by atoms with Gasteiger partial charge < -0.3 is 4.74 Å². The molecular formula is C17H24O2. The van der Waals surface area contributed by atoms with Crippen molar-refractivity contribution in [1.82, 2.24) is 0 Å². The van der Waals surface area contributed by atoms with Crippen molar-refractivity contribution in [3.8, 4) is 0 Å². The first kappa shape index (κ1) is 15.5. The first-order chi connectivity index (χ1) is 8.93. The van der Waals surface area contributed by atoms with Gasteiger partial charge in [-0.3, -0.25) is 0 Å². The monoisotopic (exact) mass is 260 g/mol. The Morgan fingerprint density at radius 2 is 1.63 bits per heavy atom. The van der Waals surface area contributed by atoms with E-state index in [0.717, 1.165) is 5.56 Å². The van der Waals surface area contributed by atoms with Crippen LogP contribution in [0.5, 0.6) is 0 Å². The van der Waals surface area contributed by atoms with Crippen LogP contribution in [0.4, 0.5) is 0 Å². The zero-order chi connectivity index (χ0) is 14.4. The van der Waals surface area contributed by atoms with Gasteiger partial charge in [-0.25, -0.2) is 4.79 Å². The Balaban J connectivity index is 3.03. The molecule has 0 atom stereocenters. The van der Waals surface area contributed by atoms with Crippen molar-refractivity contribution in [1.29, 1.82) is 0 Å². The van der Waals surface area contributed by atoms with Crippen molar-refractivity contribution in [2.45, 2.75) is 46.5 Å². The van der Waals surface area contributed by atoms with E-state index in [1.54, 1.807) is 0 Å². The SMILES string of the molecule is CCOC(=O)C=Cc1cc(C(C)C)cc(C(C)C)c1. The maximum atomic E-state index is 11.3. The van der Waals surface area contributed by atoms with Crippen LogP contribution in [0.15, 0.2) is 24.3 Å². The molecule has 0 N–H and O–H groups in total. The van der Waals surface area contributed by atoms with E-state index in [9.17, 15) is 4.79 Å². The molecule has 1 rings (SSSR count). The molecule has 0 saturated carbocycles. The Morgan fingerprint density at radius 3 is 2.05 bits per heavy atom. The van der Waals surface area contributed by atoms with Gasteiger partial charge in [-0.2, -0.15) is 0 Å². The summed E-state index contributed by atoms with van der Waals surface area (Å²) in [6.45, 7) is 10.9. The number of hydrogen-bond acceptors (Lipinski definition) is 2. The lowest BCUT2D eigenvalue weighted by atomic mass is 9.93. The topological polar surface area (TPSA) is 26.3 Å². The standard InChI is InChI=1S/C17H24O2/c1-6-19-17(18)8-7-14-9-15(12(2)3)11-16(10-14)13(4)5/h7-13H,6H2,1-5H3. The summed E-state index contributed by atoms with van der Waals surface area (Å²) in [5.41, 5.74) is 3.66. The molecule has 0 aliphatic carbocycles. The maximum Gasteiger partial charge on any atom is 0.330 e. The average Bonchev–Trinajstić information content (AvgIpc) is 2.36. The molecule has 0 unspecified atom stereocenters. The Morgan fingerprint density at radius 1 is 1.11 bits per heavy atom. The van der Waals surface area contributed by atoms with Gasteiger partial charge in [0, 0.05) is 6.08 Å². The van der Waals surface area contributed by atoms with Gasteiger partial charge in [0.05, 0.1) is 6.61 Å². The van der Waals surface area contributed by atoms with Crippen LogP contribution in [0, 0.1) is 0 Å². The number of esters is 1. The highest BCUT2D eigenvalue weighted by Gasteiger charge is 2.06. The summed E-state index contributed by atoms with van der Waals surface area (Å²) in [7, 11) is 0. The summed E-state index contributed by atoms with van der Waals surface area (Å²) in [4.78, 5) is 11.3. The molecule has 0 radical (unpaired) electrons. The van der Waals surface area contributed by atoms with E-state index in [2.05, 4.69) is 45.9 Å². The lowest BCUT2D eigenvalue weighted by molar-refractivity contribution is -0.137. The van der Waals surface area contributed by atoms with Crippen molar-refractivity contribution in [3.05, 3.63) is 41.0 Å².